The molecule has 1 aromatic heterocycles. The molecule has 6 nitrogen and oxygen atoms in total. The molecule has 134 valence electrons. The van der Waals surface area contributed by atoms with Crippen molar-refractivity contribution < 1.29 is 8.42 Å². The van der Waals surface area contributed by atoms with Crippen molar-refractivity contribution >= 4 is 27.4 Å². The highest BCUT2D eigenvalue weighted by Gasteiger charge is 2.10. The van der Waals surface area contributed by atoms with Crippen LogP contribution in [0.4, 0.5) is 0 Å². The fraction of sp³-hybridized carbons (Fsp3) is 0.294. The summed E-state index contributed by atoms with van der Waals surface area (Å²) in [5, 5.41) is 6.84. The molecule has 0 radical (unpaired) electrons. The average molecular weight is 381 g/mol. The molecular weight excluding hydrogens is 360 g/mol. The van der Waals surface area contributed by atoms with Crippen molar-refractivity contribution in [3.05, 3.63) is 58.4 Å². The number of benzene rings is 1. The lowest BCUT2D eigenvalue weighted by molar-refractivity contribution is 0.601. The zero-order valence-corrected chi connectivity index (χ0v) is 15.9. The van der Waals surface area contributed by atoms with Gasteiger partial charge in [-0.2, -0.15) is 0 Å². The van der Waals surface area contributed by atoms with E-state index < -0.39 is 9.84 Å². The Morgan fingerprint density at radius 1 is 1.16 bits per heavy atom. The minimum Gasteiger partial charge on any atom is -0.352 e. The third-order valence-corrected chi connectivity index (χ3v) is 5.05. The topological polar surface area (TPSA) is 83.4 Å². The van der Waals surface area contributed by atoms with E-state index >= 15 is 0 Å². The number of aromatic nitrogens is 1. The van der Waals surface area contributed by atoms with Crippen molar-refractivity contribution in [2.24, 2.45) is 4.99 Å². The van der Waals surface area contributed by atoms with Gasteiger partial charge in [0.2, 0.25) is 0 Å². The minimum atomic E-state index is -3.20. The number of nitrogens with zero attached hydrogens (tertiary/aromatic N) is 2. The Bertz CT molecular complexity index is 865. The summed E-state index contributed by atoms with van der Waals surface area (Å²) in [6.45, 7) is 2.89. The fourth-order valence-corrected chi connectivity index (χ4v) is 3.41. The van der Waals surface area contributed by atoms with Gasteiger partial charge in [0.25, 0.3) is 0 Å². The first-order valence-electron chi connectivity index (χ1n) is 7.64. The van der Waals surface area contributed by atoms with E-state index in [1.807, 2.05) is 12.1 Å². The van der Waals surface area contributed by atoms with Gasteiger partial charge in [-0.05, 0) is 35.7 Å². The third kappa shape index (κ3) is 5.72. The van der Waals surface area contributed by atoms with Gasteiger partial charge < -0.3 is 10.6 Å². The molecule has 1 aromatic carbocycles. The molecule has 0 spiro atoms. The van der Waals surface area contributed by atoms with E-state index in [9.17, 15) is 8.42 Å². The van der Waals surface area contributed by atoms with Gasteiger partial charge in [-0.1, -0.05) is 29.8 Å². The number of guanidine groups is 1. The average Bonchev–Trinajstić information content (AvgIpc) is 2.55. The van der Waals surface area contributed by atoms with Gasteiger partial charge in [-0.3, -0.25) is 4.99 Å². The lowest BCUT2D eigenvalue weighted by Crippen LogP contribution is -2.36. The molecule has 1 heterocycles. The summed E-state index contributed by atoms with van der Waals surface area (Å²) in [4.78, 5) is 8.55. The van der Waals surface area contributed by atoms with Crippen LogP contribution in [0.25, 0.3) is 0 Å². The van der Waals surface area contributed by atoms with E-state index in [4.69, 9.17) is 11.6 Å². The maximum atomic E-state index is 11.7. The fourth-order valence-electron chi connectivity index (χ4n) is 2.34. The molecule has 2 aromatic rings. The van der Waals surface area contributed by atoms with Crippen LogP contribution in [0.2, 0.25) is 5.15 Å². The number of aryl methyl sites for hydroxylation is 1. The van der Waals surface area contributed by atoms with Crippen LogP contribution in [0.5, 0.6) is 0 Å². The van der Waals surface area contributed by atoms with Crippen LogP contribution in [0.1, 0.15) is 16.7 Å². The number of sulfone groups is 1. The van der Waals surface area contributed by atoms with Crippen LogP contribution in [0.3, 0.4) is 0 Å². The number of hydrogen-bond acceptors (Lipinski definition) is 4. The van der Waals surface area contributed by atoms with E-state index in [-0.39, 0.29) is 0 Å². The maximum absolute atomic E-state index is 11.7. The smallest absolute Gasteiger partial charge is 0.191 e. The molecule has 0 saturated heterocycles. The molecule has 0 saturated carbocycles. The Labute approximate surface area is 153 Å². The second-order valence-electron chi connectivity index (χ2n) is 5.64. The molecule has 25 heavy (non-hydrogen) atoms. The van der Waals surface area contributed by atoms with Crippen molar-refractivity contribution in [3.63, 3.8) is 0 Å². The van der Waals surface area contributed by atoms with Crippen LogP contribution >= 0.6 is 11.6 Å². The predicted molar refractivity (Wildman–Crippen MR) is 101 cm³/mol. The molecule has 0 unspecified atom stereocenters. The zero-order valence-electron chi connectivity index (χ0n) is 14.4. The summed E-state index contributed by atoms with van der Waals surface area (Å²) >= 11 is 5.77. The molecule has 0 aliphatic carbocycles. The summed E-state index contributed by atoms with van der Waals surface area (Å²) in [6.07, 6.45) is 2.92. The van der Waals surface area contributed by atoms with Crippen LogP contribution < -0.4 is 10.6 Å². The van der Waals surface area contributed by atoms with E-state index in [1.54, 1.807) is 38.4 Å². The van der Waals surface area contributed by atoms with Crippen LogP contribution in [0.15, 0.2) is 46.4 Å². The second kappa shape index (κ2) is 8.31. The summed E-state index contributed by atoms with van der Waals surface area (Å²) in [5.74, 6) is 0.639. The highest BCUT2D eigenvalue weighted by Crippen LogP contribution is 2.16. The number of hydrogen-bond donors (Lipinski definition) is 2. The standard InChI is InChI=1S/C17H21ClN4O2S/c1-12-8-13(4-6-15(12)25(3,23)24)9-21-17(19-2)22-11-14-5-7-16(18)20-10-14/h4-8,10H,9,11H2,1-3H3,(H2,19,21,22). The molecule has 0 aliphatic heterocycles. The van der Waals surface area contributed by atoms with Gasteiger partial charge >= 0.3 is 0 Å². The van der Waals surface area contributed by atoms with Crippen LogP contribution in [0, 0.1) is 6.92 Å². The first kappa shape index (κ1) is 19.2. The predicted octanol–water partition coefficient (Wildman–Crippen LogP) is 2.31. The summed E-state index contributed by atoms with van der Waals surface area (Å²) in [7, 11) is -1.51. The first-order valence-corrected chi connectivity index (χ1v) is 9.91. The largest absolute Gasteiger partial charge is 0.352 e. The highest BCUT2D eigenvalue weighted by molar-refractivity contribution is 7.90. The number of pyridine rings is 1. The van der Waals surface area contributed by atoms with E-state index in [0.29, 0.717) is 29.1 Å². The highest BCUT2D eigenvalue weighted by atomic mass is 35.5. The summed E-state index contributed by atoms with van der Waals surface area (Å²) in [6, 6.07) is 8.92. The molecule has 0 fully saturated rings. The van der Waals surface area contributed by atoms with Crippen molar-refractivity contribution in [1.29, 1.82) is 0 Å². The number of nitrogens with one attached hydrogen (secondary N) is 2. The maximum Gasteiger partial charge on any atom is 0.191 e. The number of halogens is 1. The number of aliphatic imine (C=N–C) groups is 1. The van der Waals surface area contributed by atoms with Gasteiger partial charge in [0.05, 0.1) is 4.90 Å². The molecule has 0 atom stereocenters. The third-order valence-electron chi connectivity index (χ3n) is 3.57. The first-order chi connectivity index (χ1) is 11.8. The van der Waals surface area contributed by atoms with Crippen LogP contribution in [-0.2, 0) is 22.9 Å². The summed E-state index contributed by atoms with van der Waals surface area (Å²) in [5.41, 5.74) is 2.69. The molecule has 8 heteroatoms. The molecule has 2 rings (SSSR count). The zero-order chi connectivity index (χ0) is 18.4. The Morgan fingerprint density at radius 2 is 1.80 bits per heavy atom. The van der Waals surface area contributed by atoms with Crippen molar-refractivity contribution in [3.8, 4) is 0 Å². The Morgan fingerprint density at radius 3 is 2.32 bits per heavy atom. The van der Waals surface area contributed by atoms with E-state index in [1.165, 1.54) is 6.26 Å². The normalized spacial score (nSPS) is 12.1. The van der Waals surface area contributed by atoms with Crippen molar-refractivity contribution in [2.45, 2.75) is 24.9 Å². The van der Waals surface area contributed by atoms with Gasteiger partial charge in [0.15, 0.2) is 15.8 Å². The van der Waals surface area contributed by atoms with E-state index in [0.717, 1.165) is 16.7 Å². The minimum absolute atomic E-state index is 0.356. The quantitative estimate of drug-likeness (QED) is 0.472. The molecule has 0 amide bonds. The van der Waals surface area contributed by atoms with Gasteiger partial charge in [0.1, 0.15) is 5.15 Å². The van der Waals surface area contributed by atoms with Gasteiger partial charge in [-0.25, -0.2) is 13.4 Å². The van der Waals surface area contributed by atoms with Crippen molar-refractivity contribution in [2.75, 3.05) is 13.3 Å². The second-order valence-corrected chi connectivity index (χ2v) is 8.01. The van der Waals surface area contributed by atoms with Crippen LogP contribution in [-0.4, -0.2) is 32.7 Å². The Balaban J connectivity index is 1.94. The molecule has 2 N–H and O–H groups in total. The van der Waals surface area contributed by atoms with Gasteiger partial charge in [0, 0.05) is 32.6 Å². The SMILES string of the molecule is CN=C(NCc1ccc(Cl)nc1)NCc1ccc(S(C)(=O)=O)c(C)c1. The van der Waals surface area contributed by atoms with Crippen molar-refractivity contribution in [1.82, 2.24) is 15.6 Å². The van der Waals surface area contributed by atoms with E-state index in [2.05, 4.69) is 20.6 Å². The molecular formula is C17H21ClN4O2S. The van der Waals surface area contributed by atoms with Gasteiger partial charge in [-0.15, -0.1) is 0 Å². The molecule has 0 bridgehead atoms. The monoisotopic (exact) mass is 380 g/mol. The summed E-state index contributed by atoms with van der Waals surface area (Å²) < 4.78 is 23.3. The lowest BCUT2D eigenvalue weighted by Gasteiger charge is -2.13. The molecule has 0 aliphatic rings. The number of rotatable bonds is 5. The Kier molecular flexibility index (Phi) is 6.39. The Hall–Kier alpha value is -2.12. The lowest BCUT2D eigenvalue weighted by atomic mass is 10.1.